The number of hydrogen-bond donors (Lipinski definition) is 1. The van der Waals surface area contributed by atoms with Crippen LogP contribution in [0.15, 0.2) is 72.8 Å². The predicted molar refractivity (Wildman–Crippen MR) is 113 cm³/mol. The molecule has 0 spiro atoms. The summed E-state index contributed by atoms with van der Waals surface area (Å²) in [4.78, 5) is 31.9. The van der Waals surface area contributed by atoms with Crippen LogP contribution >= 0.6 is 0 Å². The summed E-state index contributed by atoms with van der Waals surface area (Å²) in [6, 6.07) is 22.5. The van der Waals surface area contributed by atoms with Crippen LogP contribution in [0.2, 0.25) is 0 Å². The topological polar surface area (TPSA) is 62.3 Å². The lowest BCUT2D eigenvalue weighted by atomic mass is 10.0. The van der Waals surface area contributed by atoms with Gasteiger partial charge in [0.25, 0.3) is 11.8 Å². The lowest BCUT2D eigenvalue weighted by Crippen LogP contribution is -2.36. The highest BCUT2D eigenvalue weighted by atomic mass is 16.2. The second-order valence-electron chi connectivity index (χ2n) is 7.20. The quantitative estimate of drug-likeness (QED) is 0.733. The number of para-hydroxylation sites is 1. The minimum Gasteiger partial charge on any atom is -0.344 e. The smallest absolute Gasteiger partial charge is 0.276 e. The van der Waals surface area contributed by atoms with Gasteiger partial charge in [-0.05, 0) is 49.1 Å². The van der Waals surface area contributed by atoms with E-state index in [1.807, 2.05) is 55.5 Å². The largest absolute Gasteiger partial charge is 0.344 e. The minimum absolute atomic E-state index is 0.154. The molecule has 1 N–H and O–H groups in total. The number of nitrogens with zero attached hydrogens (tertiary/aromatic N) is 2. The normalized spacial score (nSPS) is 14.0. The highest BCUT2D eigenvalue weighted by Gasteiger charge is 2.25. The maximum absolute atomic E-state index is 13.1. The number of anilines is 1. The molecule has 1 aliphatic rings. The van der Waals surface area contributed by atoms with Gasteiger partial charge in [0.2, 0.25) is 0 Å². The van der Waals surface area contributed by atoms with Crippen molar-refractivity contribution < 1.29 is 9.59 Å². The Labute approximate surface area is 170 Å². The molecular weight excluding hydrogens is 362 g/mol. The molecule has 1 aliphatic heterocycles. The van der Waals surface area contributed by atoms with Crippen molar-refractivity contribution in [3.05, 3.63) is 95.3 Å². The molecule has 5 heteroatoms. The zero-order valence-electron chi connectivity index (χ0n) is 16.3. The molecule has 0 radical (unpaired) electrons. The fraction of sp³-hybridized carbons (Fsp3) is 0.208. The number of aromatic nitrogens is 1. The van der Waals surface area contributed by atoms with Gasteiger partial charge in [0.05, 0.1) is 6.04 Å². The number of nitrogens with one attached hydrogen (secondary N) is 1. The molecule has 2 amide bonds. The summed E-state index contributed by atoms with van der Waals surface area (Å²) in [5.41, 5.74) is 3.62. The maximum atomic E-state index is 13.1. The van der Waals surface area contributed by atoms with Crippen LogP contribution in [0, 0.1) is 0 Å². The highest BCUT2D eigenvalue weighted by molar-refractivity contribution is 6.06. The van der Waals surface area contributed by atoms with Crippen LogP contribution in [-0.4, -0.2) is 23.3 Å². The Morgan fingerprint density at radius 1 is 0.931 bits per heavy atom. The van der Waals surface area contributed by atoms with Crippen molar-refractivity contribution in [2.75, 3.05) is 11.4 Å². The van der Waals surface area contributed by atoms with Gasteiger partial charge < -0.3 is 10.2 Å². The van der Waals surface area contributed by atoms with E-state index >= 15 is 0 Å². The summed E-state index contributed by atoms with van der Waals surface area (Å²) < 4.78 is 0. The van der Waals surface area contributed by atoms with E-state index in [0.29, 0.717) is 6.54 Å². The van der Waals surface area contributed by atoms with Crippen molar-refractivity contribution in [2.45, 2.75) is 25.8 Å². The van der Waals surface area contributed by atoms with Gasteiger partial charge in [0.15, 0.2) is 0 Å². The first-order chi connectivity index (χ1) is 14.1. The Morgan fingerprint density at radius 2 is 1.66 bits per heavy atom. The van der Waals surface area contributed by atoms with Crippen molar-refractivity contribution in [1.82, 2.24) is 10.3 Å². The number of amides is 2. The first kappa shape index (κ1) is 18.9. The maximum Gasteiger partial charge on any atom is 0.276 e. The molecule has 5 nitrogen and oxygen atoms in total. The number of rotatable bonds is 4. The van der Waals surface area contributed by atoms with Gasteiger partial charge in [0.1, 0.15) is 11.4 Å². The molecule has 146 valence electrons. The molecule has 0 saturated heterocycles. The van der Waals surface area contributed by atoms with Gasteiger partial charge in [-0.1, -0.05) is 54.6 Å². The molecule has 0 fully saturated rings. The third kappa shape index (κ3) is 4.04. The van der Waals surface area contributed by atoms with E-state index < -0.39 is 0 Å². The van der Waals surface area contributed by atoms with Gasteiger partial charge >= 0.3 is 0 Å². The predicted octanol–water partition coefficient (Wildman–Crippen LogP) is 4.17. The van der Waals surface area contributed by atoms with Crippen molar-refractivity contribution in [3.63, 3.8) is 0 Å². The second-order valence-corrected chi connectivity index (χ2v) is 7.20. The van der Waals surface area contributed by atoms with Crippen LogP contribution in [-0.2, 0) is 6.42 Å². The average molecular weight is 385 g/mol. The number of carbonyl (C=O) groups excluding carboxylic acids is 2. The number of carbonyl (C=O) groups is 2. The van der Waals surface area contributed by atoms with Crippen molar-refractivity contribution >= 4 is 17.5 Å². The Bertz CT molecular complexity index is 1030. The summed E-state index contributed by atoms with van der Waals surface area (Å²) in [5, 5.41) is 2.95. The summed E-state index contributed by atoms with van der Waals surface area (Å²) in [6.07, 6.45) is 1.88. The van der Waals surface area contributed by atoms with Crippen LogP contribution in [0.4, 0.5) is 5.69 Å². The number of aryl methyl sites for hydroxylation is 1. The monoisotopic (exact) mass is 385 g/mol. The molecule has 1 aromatic heterocycles. The minimum atomic E-state index is -0.296. The molecule has 0 saturated carbocycles. The fourth-order valence-corrected chi connectivity index (χ4v) is 3.66. The number of pyridine rings is 1. The van der Waals surface area contributed by atoms with Crippen LogP contribution < -0.4 is 10.2 Å². The third-order valence-electron chi connectivity index (χ3n) is 5.20. The van der Waals surface area contributed by atoms with E-state index in [1.54, 1.807) is 23.1 Å². The second kappa shape index (κ2) is 8.27. The Balaban J connectivity index is 1.53. The lowest BCUT2D eigenvalue weighted by molar-refractivity contribution is 0.0934. The summed E-state index contributed by atoms with van der Waals surface area (Å²) in [5.74, 6) is -0.474. The van der Waals surface area contributed by atoms with Gasteiger partial charge in [-0.25, -0.2) is 4.98 Å². The Morgan fingerprint density at radius 3 is 2.48 bits per heavy atom. The van der Waals surface area contributed by atoms with E-state index in [4.69, 9.17) is 0 Å². The van der Waals surface area contributed by atoms with Crippen LogP contribution in [0.5, 0.6) is 0 Å². The van der Waals surface area contributed by atoms with Gasteiger partial charge in [0, 0.05) is 12.2 Å². The molecule has 3 aromatic rings. The summed E-state index contributed by atoms with van der Waals surface area (Å²) in [7, 11) is 0. The molecule has 2 aromatic carbocycles. The van der Waals surface area contributed by atoms with Crippen molar-refractivity contribution in [1.29, 1.82) is 0 Å². The lowest BCUT2D eigenvalue weighted by Gasteiger charge is -2.29. The van der Waals surface area contributed by atoms with E-state index in [0.717, 1.165) is 29.7 Å². The van der Waals surface area contributed by atoms with Crippen molar-refractivity contribution in [3.8, 4) is 0 Å². The molecular formula is C24H23N3O2. The van der Waals surface area contributed by atoms with E-state index in [2.05, 4.69) is 16.4 Å². The van der Waals surface area contributed by atoms with Crippen LogP contribution in [0.1, 0.15) is 51.5 Å². The summed E-state index contributed by atoms with van der Waals surface area (Å²) >= 11 is 0. The highest BCUT2D eigenvalue weighted by Crippen LogP contribution is 2.27. The molecule has 1 atom stereocenters. The number of fused-ring (bicyclic) bond motifs is 1. The molecule has 1 unspecified atom stereocenters. The molecule has 0 aliphatic carbocycles. The van der Waals surface area contributed by atoms with Gasteiger partial charge in [-0.2, -0.15) is 0 Å². The standard InChI is InChI=1S/C24H23N3O2/c1-17(18-9-3-2-4-10-18)25-23(28)20-13-7-14-21(26-20)24(29)27-16-8-12-19-11-5-6-15-22(19)27/h2-7,9-11,13-15,17H,8,12,16H2,1H3,(H,25,28). The average Bonchev–Trinajstić information content (AvgIpc) is 2.79. The Kier molecular flexibility index (Phi) is 5.38. The Hall–Kier alpha value is -3.47. The number of hydrogen-bond acceptors (Lipinski definition) is 3. The molecule has 0 bridgehead atoms. The first-order valence-corrected chi connectivity index (χ1v) is 9.86. The van der Waals surface area contributed by atoms with E-state index in [9.17, 15) is 9.59 Å². The fourth-order valence-electron chi connectivity index (χ4n) is 3.66. The number of benzene rings is 2. The van der Waals surface area contributed by atoms with Gasteiger partial charge in [-0.3, -0.25) is 9.59 Å². The van der Waals surface area contributed by atoms with E-state index in [1.165, 1.54) is 0 Å². The van der Waals surface area contributed by atoms with Crippen LogP contribution in [0.25, 0.3) is 0 Å². The van der Waals surface area contributed by atoms with Crippen LogP contribution in [0.3, 0.4) is 0 Å². The molecule has 29 heavy (non-hydrogen) atoms. The SMILES string of the molecule is CC(NC(=O)c1cccc(C(=O)N2CCCc3ccccc32)n1)c1ccccc1. The molecule has 4 rings (SSSR count). The zero-order chi connectivity index (χ0) is 20.2. The third-order valence-corrected chi connectivity index (χ3v) is 5.20. The molecule has 2 heterocycles. The summed E-state index contributed by atoms with van der Waals surface area (Å²) in [6.45, 7) is 2.58. The first-order valence-electron chi connectivity index (χ1n) is 9.86. The zero-order valence-corrected chi connectivity index (χ0v) is 16.3. The van der Waals surface area contributed by atoms with Gasteiger partial charge in [-0.15, -0.1) is 0 Å². The van der Waals surface area contributed by atoms with Crippen molar-refractivity contribution in [2.24, 2.45) is 0 Å². The van der Waals surface area contributed by atoms with E-state index in [-0.39, 0.29) is 29.2 Å².